The lowest BCUT2D eigenvalue weighted by Gasteiger charge is -2.14. The van der Waals surface area contributed by atoms with Gasteiger partial charge in [0.05, 0.1) is 17.3 Å². The summed E-state index contributed by atoms with van der Waals surface area (Å²) in [6.07, 6.45) is 2.11. The summed E-state index contributed by atoms with van der Waals surface area (Å²) < 4.78 is 23.3. The van der Waals surface area contributed by atoms with Gasteiger partial charge in [0.25, 0.3) is 0 Å². The molecule has 0 atom stereocenters. The summed E-state index contributed by atoms with van der Waals surface area (Å²) in [5.74, 6) is 0.118. The van der Waals surface area contributed by atoms with Crippen LogP contribution in [0.4, 0.5) is 5.69 Å². The zero-order valence-corrected chi connectivity index (χ0v) is 11.3. The van der Waals surface area contributed by atoms with Gasteiger partial charge in [-0.2, -0.15) is 0 Å². The van der Waals surface area contributed by atoms with Crippen molar-refractivity contribution >= 4 is 15.5 Å². The smallest absolute Gasteiger partial charge is 0.178 e. The normalized spacial score (nSPS) is 17.4. The molecule has 0 unspecified atom stereocenters. The van der Waals surface area contributed by atoms with Gasteiger partial charge in [-0.25, -0.2) is 8.42 Å². The fourth-order valence-corrected chi connectivity index (χ4v) is 2.69. The highest BCUT2D eigenvalue weighted by molar-refractivity contribution is 7.91. The van der Waals surface area contributed by atoms with Gasteiger partial charge < -0.3 is 10.4 Å². The molecule has 0 bridgehead atoms. The second kappa shape index (κ2) is 4.90. The van der Waals surface area contributed by atoms with Gasteiger partial charge in [0.2, 0.25) is 0 Å². The van der Waals surface area contributed by atoms with Crippen molar-refractivity contribution in [1.82, 2.24) is 0 Å². The predicted molar refractivity (Wildman–Crippen MR) is 71.4 cm³/mol. The largest absolute Gasteiger partial charge is 0.396 e. The van der Waals surface area contributed by atoms with Crippen LogP contribution < -0.4 is 5.32 Å². The lowest BCUT2D eigenvalue weighted by atomic mass is 10.1. The average molecular weight is 269 g/mol. The van der Waals surface area contributed by atoms with Crippen LogP contribution in [0.5, 0.6) is 0 Å². The minimum absolute atomic E-state index is 0.0498. The molecular weight excluding hydrogens is 250 g/mol. The van der Waals surface area contributed by atoms with E-state index >= 15 is 0 Å². The van der Waals surface area contributed by atoms with E-state index in [1.807, 2.05) is 0 Å². The van der Waals surface area contributed by atoms with Gasteiger partial charge in [-0.3, -0.25) is 0 Å². The van der Waals surface area contributed by atoms with Crippen molar-refractivity contribution in [2.24, 2.45) is 5.41 Å². The summed E-state index contributed by atoms with van der Waals surface area (Å²) >= 11 is 0. The molecule has 1 saturated carbocycles. The van der Waals surface area contributed by atoms with Crippen molar-refractivity contribution in [3.8, 4) is 0 Å². The highest BCUT2D eigenvalue weighted by Gasteiger charge is 2.41. The summed E-state index contributed by atoms with van der Waals surface area (Å²) in [5.41, 5.74) is 0.943. The molecule has 1 aliphatic rings. The summed E-state index contributed by atoms with van der Waals surface area (Å²) in [5, 5.41) is 12.4. The molecular formula is C13H19NO3S. The van der Waals surface area contributed by atoms with Gasteiger partial charge in [-0.15, -0.1) is 0 Å². The zero-order valence-electron chi connectivity index (χ0n) is 10.5. The van der Waals surface area contributed by atoms with Crippen LogP contribution in [0.3, 0.4) is 0 Å². The number of rotatable bonds is 6. The maximum atomic E-state index is 11.6. The van der Waals surface area contributed by atoms with Gasteiger partial charge in [0.1, 0.15) is 0 Å². The van der Waals surface area contributed by atoms with Crippen molar-refractivity contribution in [2.75, 3.05) is 24.2 Å². The third-order valence-electron chi connectivity index (χ3n) is 3.55. The monoisotopic (exact) mass is 269 g/mol. The molecule has 2 N–H and O–H groups in total. The second-order valence-corrected chi connectivity index (χ2v) is 7.22. The average Bonchev–Trinajstić information content (AvgIpc) is 3.18. The number of aliphatic hydroxyl groups is 1. The van der Waals surface area contributed by atoms with Crippen LogP contribution in [-0.4, -0.2) is 32.4 Å². The summed E-state index contributed by atoms with van der Waals surface area (Å²) in [6, 6.07) is 6.80. The SMILES string of the molecule is CCS(=O)(=O)c1ccc(NCC2(CO)CC2)cc1. The molecule has 1 aliphatic carbocycles. The standard InChI is InChI=1S/C13H19NO3S/c1-2-18(16,17)12-5-3-11(4-6-12)14-9-13(10-15)7-8-13/h3-6,14-15H,2,7-10H2,1H3. The Morgan fingerprint density at radius 3 is 2.33 bits per heavy atom. The molecule has 1 fully saturated rings. The minimum atomic E-state index is -3.12. The van der Waals surface area contributed by atoms with Crippen molar-refractivity contribution < 1.29 is 13.5 Å². The fraction of sp³-hybridized carbons (Fsp3) is 0.538. The number of nitrogens with one attached hydrogen (secondary N) is 1. The third kappa shape index (κ3) is 2.84. The molecule has 0 amide bonds. The Balaban J connectivity index is 2.00. The Morgan fingerprint density at radius 2 is 1.89 bits per heavy atom. The van der Waals surface area contributed by atoms with E-state index in [9.17, 15) is 13.5 Å². The number of hydrogen-bond donors (Lipinski definition) is 2. The first-order valence-electron chi connectivity index (χ1n) is 6.19. The number of sulfone groups is 1. The van der Waals surface area contributed by atoms with Crippen LogP contribution >= 0.6 is 0 Å². The topological polar surface area (TPSA) is 66.4 Å². The van der Waals surface area contributed by atoms with Crippen molar-refractivity contribution in [2.45, 2.75) is 24.7 Å². The summed E-state index contributed by atoms with van der Waals surface area (Å²) in [7, 11) is -3.12. The first kappa shape index (κ1) is 13.4. The fourth-order valence-electron chi connectivity index (χ4n) is 1.80. The predicted octanol–water partition coefficient (Wildman–Crippen LogP) is 1.66. The Morgan fingerprint density at radius 1 is 1.28 bits per heavy atom. The van der Waals surface area contributed by atoms with Crippen LogP contribution in [0.25, 0.3) is 0 Å². The lowest BCUT2D eigenvalue weighted by molar-refractivity contribution is 0.220. The van der Waals surface area contributed by atoms with Crippen molar-refractivity contribution in [3.05, 3.63) is 24.3 Å². The van der Waals surface area contributed by atoms with Gasteiger partial charge in [-0.1, -0.05) is 6.92 Å². The van der Waals surface area contributed by atoms with E-state index in [1.54, 1.807) is 31.2 Å². The molecule has 4 nitrogen and oxygen atoms in total. The maximum absolute atomic E-state index is 11.6. The molecule has 0 aliphatic heterocycles. The molecule has 0 heterocycles. The molecule has 18 heavy (non-hydrogen) atoms. The molecule has 1 aromatic carbocycles. The summed E-state index contributed by atoms with van der Waals surface area (Å²) in [6.45, 7) is 2.59. The molecule has 100 valence electrons. The van der Waals surface area contributed by atoms with Gasteiger partial charge in [0.15, 0.2) is 9.84 Å². The number of aliphatic hydroxyl groups excluding tert-OH is 1. The van der Waals surface area contributed by atoms with Crippen molar-refractivity contribution in [1.29, 1.82) is 0 Å². The van der Waals surface area contributed by atoms with Gasteiger partial charge in [0, 0.05) is 17.6 Å². The molecule has 5 heteroatoms. The van der Waals surface area contributed by atoms with E-state index in [0.717, 1.165) is 25.1 Å². The zero-order chi connectivity index (χ0) is 13.2. The Kier molecular flexibility index (Phi) is 3.64. The van der Waals surface area contributed by atoms with Crippen LogP contribution in [0.15, 0.2) is 29.2 Å². The highest BCUT2D eigenvalue weighted by Crippen LogP contribution is 2.44. The quantitative estimate of drug-likeness (QED) is 0.824. The van der Waals surface area contributed by atoms with Crippen LogP contribution in [-0.2, 0) is 9.84 Å². The van der Waals surface area contributed by atoms with E-state index in [2.05, 4.69) is 5.32 Å². The first-order chi connectivity index (χ1) is 8.51. The van der Waals surface area contributed by atoms with Crippen LogP contribution in [0, 0.1) is 5.41 Å². The van der Waals surface area contributed by atoms with Crippen LogP contribution in [0.2, 0.25) is 0 Å². The highest BCUT2D eigenvalue weighted by atomic mass is 32.2. The van der Waals surface area contributed by atoms with E-state index in [4.69, 9.17) is 0 Å². The molecule has 2 rings (SSSR count). The second-order valence-electron chi connectivity index (χ2n) is 4.94. The Bertz CT molecular complexity index is 504. The third-order valence-corrected chi connectivity index (χ3v) is 5.30. The van der Waals surface area contributed by atoms with Gasteiger partial charge in [-0.05, 0) is 37.1 Å². The number of hydrogen-bond acceptors (Lipinski definition) is 4. The molecule has 0 aromatic heterocycles. The van der Waals surface area contributed by atoms with Gasteiger partial charge >= 0.3 is 0 Å². The number of anilines is 1. The number of benzene rings is 1. The maximum Gasteiger partial charge on any atom is 0.178 e. The summed E-state index contributed by atoms with van der Waals surface area (Å²) in [4.78, 5) is 0.360. The Hall–Kier alpha value is -1.07. The Labute approximate surface area is 108 Å². The van der Waals surface area contributed by atoms with Crippen molar-refractivity contribution in [3.63, 3.8) is 0 Å². The molecule has 1 aromatic rings. The molecule has 0 saturated heterocycles. The minimum Gasteiger partial charge on any atom is -0.396 e. The van der Waals surface area contributed by atoms with Crippen LogP contribution in [0.1, 0.15) is 19.8 Å². The lowest BCUT2D eigenvalue weighted by Crippen LogP contribution is -2.19. The van der Waals surface area contributed by atoms with E-state index in [0.29, 0.717) is 4.90 Å². The molecule has 0 radical (unpaired) electrons. The molecule has 0 spiro atoms. The van der Waals surface area contributed by atoms with E-state index in [-0.39, 0.29) is 17.8 Å². The first-order valence-corrected chi connectivity index (χ1v) is 7.84. The van der Waals surface area contributed by atoms with E-state index in [1.165, 1.54) is 0 Å². The van der Waals surface area contributed by atoms with E-state index < -0.39 is 9.84 Å².